The summed E-state index contributed by atoms with van der Waals surface area (Å²) in [6.07, 6.45) is 1.05. The zero-order valence-electron chi connectivity index (χ0n) is 9.54. The predicted octanol–water partition coefficient (Wildman–Crippen LogP) is 3.28. The van der Waals surface area contributed by atoms with Crippen LogP contribution in [0.3, 0.4) is 0 Å². The van der Waals surface area contributed by atoms with Crippen molar-refractivity contribution in [2.75, 3.05) is 19.8 Å². The number of ether oxygens (including phenoxy) is 1. The van der Waals surface area contributed by atoms with Gasteiger partial charge in [0.15, 0.2) is 0 Å². The quantitative estimate of drug-likeness (QED) is 0.763. The summed E-state index contributed by atoms with van der Waals surface area (Å²) in [5, 5.41) is 4.14. The van der Waals surface area contributed by atoms with E-state index in [1.165, 1.54) is 5.56 Å². The number of nitrogens with one attached hydrogen (secondary N) is 1. The largest absolute Gasteiger partial charge is 0.382 e. The fourth-order valence-corrected chi connectivity index (χ4v) is 1.54. The molecule has 0 aliphatic heterocycles. The molecule has 0 fully saturated rings. The van der Waals surface area contributed by atoms with E-state index in [-0.39, 0.29) is 12.4 Å². The van der Waals surface area contributed by atoms with Gasteiger partial charge in [0, 0.05) is 24.8 Å². The molecule has 0 aromatic heterocycles. The van der Waals surface area contributed by atoms with Gasteiger partial charge in [0.2, 0.25) is 0 Å². The summed E-state index contributed by atoms with van der Waals surface area (Å²) in [5.41, 5.74) is 1.22. The van der Waals surface area contributed by atoms with Gasteiger partial charge in [-0.05, 0) is 37.6 Å². The third-order valence-electron chi connectivity index (χ3n) is 2.06. The van der Waals surface area contributed by atoms with Crippen LogP contribution in [-0.4, -0.2) is 19.8 Å². The van der Waals surface area contributed by atoms with Crippen molar-refractivity contribution in [2.24, 2.45) is 0 Å². The van der Waals surface area contributed by atoms with Crippen LogP contribution in [0.4, 0.5) is 0 Å². The van der Waals surface area contributed by atoms with Crippen LogP contribution in [0.15, 0.2) is 24.3 Å². The number of benzene rings is 1. The summed E-state index contributed by atoms with van der Waals surface area (Å²) in [5.74, 6) is 0. The third kappa shape index (κ3) is 7.07. The second kappa shape index (κ2) is 9.91. The number of halogens is 2. The molecule has 0 saturated heterocycles. The molecule has 92 valence electrons. The molecule has 0 bridgehead atoms. The Hall–Kier alpha value is -0.280. The van der Waals surface area contributed by atoms with Crippen molar-refractivity contribution in [3.05, 3.63) is 34.9 Å². The first-order chi connectivity index (χ1) is 7.33. The van der Waals surface area contributed by atoms with Gasteiger partial charge >= 0.3 is 0 Å². The van der Waals surface area contributed by atoms with E-state index in [9.17, 15) is 0 Å². The van der Waals surface area contributed by atoms with Crippen LogP contribution in [0, 0.1) is 0 Å². The van der Waals surface area contributed by atoms with E-state index < -0.39 is 0 Å². The van der Waals surface area contributed by atoms with Crippen molar-refractivity contribution >= 4 is 24.0 Å². The molecule has 1 rings (SSSR count). The monoisotopic (exact) mass is 263 g/mol. The molecule has 0 heterocycles. The van der Waals surface area contributed by atoms with E-state index in [0.717, 1.165) is 37.7 Å². The summed E-state index contributed by atoms with van der Waals surface area (Å²) < 4.78 is 5.24. The Balaban J connectivity index is 0.00000225. The molecule has 0 amide bonds. The van der Waals surface area contributed by atoms with Crippen molar-refractivity contribution in [1.82, 2.24) is 5.32 Å². The van der Waals surface area contributed by atoms with Gasteiger partial charge in [-0.3, -0.25) is 0 Å². The lowest BCUT2D eigenvalue weighted by Crippen LogP contribution is -2.16. The maximum atomic E-state index is 5.88. The molecule has 0 aliphatic carbocycles. The Kier molecular flexibility index (Phi) is 9.74. The van der Waals surface area contributed by atoms with Crippen molar-refractivity contribution in [2.45, 2.75) is 19.9 Å². The maximum Gasteiger partial charge on any atom is 0.0477 e. The SMILES string of the molecule is CCOCCCNCc1cccc(Cl)c1.Cl. The van der Waals surface area contributed by atoms with Gasteiger partial charge in [0.05, 0.1) is 0 Å². The maximum absolute atomic E-state index is 5.88. The minimum atomic E-state index is 0. The van der Waals surface area contributed by atoms with Crippen LogP contribution in [0.1, 0.15) is 18.9 Å². The molecule has 2 nitrogen and oxygen atoms in total. The van der Waals surface area contributed by atoms with Crippen LogP contribution in [0.5, 0.6) is 0 Å². The fraction of sp³-hybridized carbons (Fsp3) is 0.500. The van der Waals surface area contributed by atoms with Crippen molar-refractivity contribution in [3.8, 4) is 0 Å². The van der Waals surface area contributed by atoms with Gasteiger partial charge in [0.1, 0.15) is 0 Å². The molecule has 0 saturated carbocycles. The molecule has 4 heteroatoms. The first-order valence-corrected chi connectivity index (χ1v) is 5.73. The zero-order valence-corrected chi connectivity index (χ0v) is 11.1. The van der Waals surface area contributed by atoms with E-state index in [4.69, 9.17) is 16.3 Å². The Morgan fingerprint density at radius 2 is 2.19 bits per heavy atom. The molecule has 0 aliphatic rings. The van der Waals surface area contributed by atoms with Crippen LogP contribution in [0.25, 0.3) is 0 Å². The van der Waals surface area contributed by atoms with Gasteiger partial charge in [-0.2, -0.15) is 0 Å². The summed E-state index contributed by atoms with van der Waals surface area (Å²) >= 11 is 5.88. The van der Waals surface area contributed by atoms with Gasteiger partial charge in [0.25, 0.3) is 0 Å². The summed E-state index contributed by atoms with van der Waals surface area (Å²) in [6, 6.07) is 7.91. The highest BCUT2D eigenvalue weighted by Crippen LogP contribution is 2.09. The lowest BCUT2D eigenvalue weighted by atomic mass is 10.2. The van der Waals surface area contributed by atoms with E-state index in [1.807, 2.05) is 25.1 Å². The highest BCUT2D eigenvalue weighted by Gasteiger charge is 1.93. The average molecular weight is 264 g/mol. The first kappa shape index (κ1) is 15.7. The van der Waals surface area contributed by atoms with E-state index in [0.29, 0.717) is 0 Å². The summed E-state index contributed by atoms with van der Waals surface area (Å²) in [4.78, 5) is 0. The van der Waals surface area contributed by atoms with Gasteiger partial charge < -0.3 is 10.1 Å². The minimum Gasteiger partial charge on any atom is -0.382 e. The second-order valence-electron chi connectivity index (χ2n) is 3.36. The highest BCUT2D eigenvalue weighted by molar-refractivity contribution is 6.30. The van der Waals surface area contributed by atoms with Crippen molar-refractivity contribution < 1.29 is 4.74 Å². The Labute approximate surface area is 109 Å². The smallest absolute Gasteiger partial charge is 0.0477 e. The zero-order chi connectivity index (χ0) is 10.9. The van der Waals surface area contributed by atoms with Crippen molar-refractivity contribution in [1.29, 1.82) is 0 Å². The molecule has 0 unspecified atom stereocenters. The minimum absolute atomic E-state index is 0. The Bertz CT molecular complexity index is 281. The molecule has 0 atom stereocenters. The Morgan fingerprint density at radius 1 is 1.38 bits per heavy atom. The fourth-order valence-electron chi connectivity index (χ4n) is 1.32. The molecule has 0 spiro atoms. The molecular weight excluding hydrogens is 245 g/mol. The van der Waals surface area contributed by atoms with Crippen LogP contribution < -0.4 is 5.32 Å². The van der Waals surface area contributed by atoms with Crippen LogP contribution in [-0.2, 0) is 11.3 Å². The predicted molar refractivity (Wildman–Crippen MR) is 71.5 cm³/mol. The molecule has 1 aromatic rings. The second-order valence-corrected chi connectivity index (χ2v) is 3.79. The number of rotatable bonds is 7. The van der Waals surface area contributed by atoms with Gasteiger partial charge in [-0.25, -0.2) is 0 Å². The average Bonchev–Trinajstić information content (AvgIpc) is 2.23. The number of hydrogen-bond acceptors (Lipinski definition) is 2. The topological polar surface area (TPSA) is 21.3 Å². The highest BCUT2D eigenvalue weighted by atomic mass is 35.5. The standard InChI is InChI=1S/C12H18ClNO.ClH/c1-2-15-8-4-7-14-10-11-5-3-6-12(13)9-11;/h3,5-6,9,14H,2,4,7-8,10H2,1H3;1H. The molecule has 1 aromatic carbocycles. The van der Waals surface area contributed by atoms with Crippen molar-refractivity contribution in [3.63, 3.8) is 0 Å². The molecule has 16 heavy (non-hydrogen) atoms. The van der Waals surface area contributed by atoms with Gasteiger partial charge in [-0.15, -0.1) is 12.4 Å². The van der Waals surface area contributed by atoms with E-state index >= 15 is 0 Å². The molecule has 1 N–H and O–H groups in total. The van der Waals surface area contributed by atoms with Gasteiger partial charge in [-0.1, -0.05) is 23.7 Å². The normalized spacial score (nSPS) is 9.88. The van der Waals surface area contributed by atoms with Crippen LogP contribution >= 0.6 is 24.0 Å². The van der Waals surface area contributed by atoms with Crippen LogP contribution in [0.2, 0.25) is 5.02 Å². The summed E-state index contributed by atoms with van der Waals surface area (Å²) in [6.45, 7) is 5.49. The number of hydrogen-bond donors (Lipinski definition) is 1. The molecular formula is C12H19Cl2NO. The summed E-state index contributed by atoms with van der Waals surface area (Å²) in [7, 11) is 0. The van der Waals surface area contributed by atoms with E-state index in [1.54, 1.807) is 0 Å². The Morgan fingerprint density at radius 3 is 2.88 bits per heavy atom. The third-order valence-corrected chi connectivity index (χ3v) is 2.30. The lowest BCUT2D eigenvalue weighted by molar-refractivity contribution is 0.144. The molecule has 0 radical (unpaired) electrons. The lowest BCUT2D eigenvalue weighted by Gasteiger charge is -2.05. The van der Waals surface area contributed by atoms with E-state index in [2.05, 4.69) is 11.4 Å². The first-order valence-electron chi connectivity index (χ1n) is 5.36.